The lowest BCUT2D eigenvalue weighted by molar-refractivity contribution is 0.112. The van der Waals surface area contributed by atoms with Crippen LogP contribution in [0.2, 0.25) is 0 Å². The molecule has 2 N–H and O–H groups in total. The molecule has 0 amide bonds. The number of carbonyl (C=O) groups excluding carboxylic acids is 1. The lowest BCUT2D eigenvalue weighted by Gasteiger charge is -2.14. The highest BCUT2D eigenvalue weighted by atomic mass is 19.1. The smallest absolute Gasteiger partial charge is 0.155 e. The van der Waals surface area contributed by atoms with E-state index in [2.05, 4.69) is 15.5 Å². The number of aldehydes is 1. The summed E-state index contributed by atoms with van der Waals surface area (Å²) in [5.41, 5.74) is 2.57. The van der Waals surface area contributed by atoms with Crippen LogP contribution in [0.15, 0.2) is 30.5 Å². The minimum absolute atomic E-state index is 0.282. The number of carbonyl (C=O) groups is 1. The molecule has 0 fully saturated rings. The van der Waals surface area contributed by atoms with Gasteiger partial charge in [-0.05, 0) is 24.6 Å². The summed E-state index contributed by atoms with van der Waals surface area (Å²) < 4.78 is 19.3. The number of rotatable bonds is 4. The van der Waals surface area contributed by atoms with E-state index in [1.54, 1.807) is 24.4 Å². The van der Waals surface area contributed by atoms with E-state index >= 15 is 0 Å². The zero-order chi connectivity index (χ0) is 15.7. The molecule has 0 aliphatic carbocycles. The van der Waals surface area contributed by atoms with Gasteiger partial charge in [-0.25, -0.2) is 4.39 Å². The van der Waals surface area contributed by atoms with Crippen molar-refractivity contribution in [3.8, 4) is 5.75 Å². The van der Waals surface area contributed by atoms with Crippen molar-refractivity contribution < 1.29 is 13.9 Å². The van der Waals surface area contributed by atoms with Gasteiger partial charge in [-0.2, -0.15) is 5.10 Å². The fraction of sp³-hybridized carbons (Fsp3) is 0.125. The number of benzene rings is 2. The molecule has 1 aromatic heterocycles. The molecule has 0 saturated carbocycles. The third kappa shape index (κ3) is 2.28. The number of hydrogen-bond donors (Lipinski definition) is 2. The maximum atomic E-state index is 14.1. The fourth-order valence-electron chi connectivity index (χ4n) is 2.36. The van der Waals surface area contributed by atoms with Gasteiger partial charge in [0.2, 0.25) is 0 Å². The zero-order valence-electron chi connectivity index (χ0n) is 12.1. The van der Waals surface area contributed by atoms with Crippen LogP contribution < -0.4 is 10.1 Å². The molecular formula is C16H14FN3O2. The summed E-state index contributed by atoms with van der Waals surface area (Å²) in [6, 6.07) is 6.53. The van der Waals surface area contributed by atoms with Crippen molar-refractivity contribution in [2.75, 3.05) is 12.4 Å². The van der Waals surface area contributed by atoms with E-state index in [0.29, 0.717) is 34.2 Å². The number of hydrogen-bond acceptors (Lipinski definition) is 4. The average Bonchev–Trinajstić information content (AvgIpc) is 2.97. The normalized spacial score (nSPS) is 10.7. The van der Waals surface area contributed by atoms with Crippen LogP contribution in [-0.2, 0) is 0 Å². The summed E-state index contributed by atoms with van der Waals surface area (Å²) in [4.78, 5) is 11.5. The maximum Gasteiger partial charge on any atom is 0.155 e. The maximum absolute atomic E-state index is 14.1. The van der Waals surface area contributed by atoms with Crippen LogP contribution in [0.25, 0.3) is 10.9 Å². The molecule has 0 aliphatic heterocycles. The summed E-state index contributed by atoms with van der Waals surface area (Å²) in [7, 11) is 1.47. The Kier molecular flexibility index (Phi) is 3.50. The summed E-state index contributed by atoms with van der Waals surface area (Å²) in [5, 5.41) is 10.4. The number of anilines is 2. The van der Waals surface area contributed by atoms with Crippen LogP contribution >= 0.6 is 0 Å². The molecule has 3 aromatic rings. The molecular weight excluding hydrogens is 285 g/mol. The Morgan fingerprint density at radius 3 is 2.86 bits per heavy atom. The number of fused-ring (bicyclic) bond motifs is 1. The SMILES string of the molecule is COc1cc2[nH]ncc2c(Nc2ccc(C)cc2F)c1C=O. The molecule has 0 atom stereocenters. The summed E-state index contributed by atoms with van der Waals surface area (Å²) in [6.07, 6.45) is 2.26. The van der Waals surface area contributed by atoms with E-state index in [4.69, 9.17) is 4.74 Å². The van der Waals surface area contributed by atoms with Gasteiger partial charge in [0.25, 0.3) is 0 Å². The zero-order valence-corrected chi connectivity index (χ0v) is 12.1. The largest absolute Gasteiger partial charge is 0.496 e. The number of aromatic amines is 1. The van der Waals surface area contributed by atoms with Gasteiger partial charge in [-0.3, -0.25) is 9.89 Å². The minimum Gasteiger partial charge on any atom is -0.496 e. The van der Waals surface area contributed by atoms with E-state index in [1.807, 2.05) is 6.92 Å². The van der Waals surface area contributed by atoms with Crippen molar-refractivity contribution in [2.45, 2.75) is 6.92 Å². The molecule has 1 heterocycles. The third-order valence-corrected chi connectivity index (χ3v) is 3.47. The highest BCUT2D eigenvalue weighted by Crippen LogP contribution is 2.35. The van der Waals surface area contributed by atoms with Gasteiger partial charge in [-0.1, -0.05) is 6.07 Å². The Hall–Kier alpha value is -2.89. The summed E-state index contributed by atoms with van der Waals surface area (Å²) in [6.45, 7) is 1.81. The second kappa shape index (κ2) is 5.48. The lowest BCUT2D eigenvalue weighted by Crippen LogP contribution is -2.01. The van der Waals surface area contributed by atoms with Crippen molar-refractivity contribution in [1.29, 1.82) is 0 Å². The second-order valence-corrected chi connectivity index (χ2v) is 4.92. The number of nitrogens with one attached hydrogen (secondary N) is 2. The van der Waals surface area contributed by atoms with Crippen molar-refractivity contribution in [2.24, 2.45) is 0 Å². The van der Waals surface area contributed by atoms with E-state index in [9.17, 15) is 9.18 Å². The molecule has 0 aliphatic rings. The van der Waals surface area contributed by atoms with Crippen molar-refractivity contribution in [1.82, 2.24) is 10.2 Å². The number of aryl methyl sites for hydroxylation is 1. The van der Waals surface area contributed by atoms with Crippen molar-refractivity contribution >= 4 is 28.6 Å². The Bertz CT molecular complexity index is 858. The number of nitrogens with zero attached hydrogens (tertiary/aromatic N) is 1. The molecule has 22 heavy (non-hydrogen) atoms. The monoisotopic (exact) mass is 299 g/mol. The second-order valence-electron chi connectivity index (χ2n) is 4.92. The van der Waals surface area contributed by atoms with Crippen LogP contribution in [0.4, 0.5) is 15.8 Å². The van der Waals surface area contributed by atoms with Gasteiger partial charge >= 0.3 is 0 Å². The topological polar surface area (TPSA) is 67.0 Å². The Labute approximate surface area is 126 Å². The molecule has 6 heteroatoms. The van der Waals surface area contributed by atoms with Crippen LogP contribution in [0.3, 0.4) is 0 Å². The molecule has 0 bridgehead atoms. The van der Waals surface area contributed by atoms with Gasteiger partial charge in [0.1, 0.15) is 11.6 Å². The number of ether oxygens (including phenoxy) is 1. The van der Waals surface area contributed by atoms with Gasteiger partial charge in [-0.15, -0.1) is 0 Å². The molecule has 112 valence electrons. The van der Waals surface area contributed by atoms with Crippen molar-refractivity contribution in [3.63, 3.8) is 0 Å². The number of halogens is 1. The van der Waals surface area contributed by atoms with E-state index in [0.717, 1.165) is 5.56 Å². The van der Waals surface area contributed by atoms with Gasteiger partial charge in [0, 0.05) is 11.5 Å². The van der Waals surface area contributed by atoms with Crippen LogP contribution in [0, 0.1) is 12.7 Å². The predicted octanol–water partition coefficient (Wildman–Crippen LogP) is 3.58. The Balaban J connectivity index is 2.20. The molecule has 0 saturated heterocycles. The Morgan fingerprint density at radius 1 is 1.36 bits per heavy atom. The molecule has 3 rings (SSSR count). The van der Waals surface area contributed by atoms with Gasteiger partial charge in [0.15, 0.2) is 6.29 Å². The van der Waals surface area contributed by atoms with E-state index in [-0.39, 0.29) is 5.69 Å². The van der Waals surface area contributed by atoms with E-state index < -0.39 is 5.82 Å². The standard InChI is InChI=1S/C16H14FN3O2/c1-9-3-4-13(12(17)5-9)19-16-10-7-18-20-14(10)6-15(22-2)11(16)8-21/h3-8,19H,1-2H3,(H,18,20). The van der Waals surface area contributed by atoms with Gasteiger partial charge in [0.05, 0.1) is 35.8 Å². The first-order chi connectivity index (χ1) is 10.6. The number of H-pyrrole nitrogens is 1. The summed E-state index contributed by atoms with van der Waals surface area (Å²) >= 11 is 0. The van der Waals surface area contributed by atoms with Gasteiger partial charge < -0.3 is 10.1 Å². The van der Waals surface area contributed by atoms with Crippen LogP contribution in [0.1, 0.15) is 15.9 Å². The number of methoxy groups -OCH3 is 1. The highest BCUT2D eigenvalue weighted by molar-refractivity contribution is 6.04. The Morgan fingerprint density at radius 2 is 2.18 bits per heavy atom. The van der Waals surface area contributed by atoms with Crippen LogP contribution in [-0.4, -0.2) is 23.6 Å². The number of aromatic nitrogens is 2. The third-order valence-electron chi connectivity index (χ3n) is 3.47. The lowest BCUT2D eigenvalue weighted by atomic mass is 10.1. The molecule has 5 nitrogen and oxygen atoms in total. The highest BCUT2D eigenvalue weighted by Gasteiger charge is 2.16. The molecule has 0 radical (unpaired) electrons. The first-order valence-electron chi connectivity index (χ1n) is 6.66. The summed E-state index contributed by atoms with van der Waals surface area (Å²) in [5.74, 6) is -0.00177. The average molecular weight is 299 g/mol. The first kappa shape index (κ1) is 14.1. The molecule has 2 aromatic carbocycles. The fourth-order valence-corrected chi connectivity index (χ4v) is 2.36. The molecule has 0 spiro atoms. The van der Waals surface area contributed by atoms with Crippen molar-refractivity contribution in [3.05, 3.63) is 47.4 Å². The first-order valence-corrected chi connectivity index (χ1v) is 6.66. The van der Waals surface area contributed by atoms with E-state index in [1.165, 1.54) is 13.2 Å². The quantitative estimate of drug-likeness (QED) is 0.723. The molecule has 0 unspecified atom stereocenters. The predicted molar refractivity (Wildman–Crippen MR) is 82.5 cm³/mol. The minimum atomic E-state index is -0.392. The van der Waals surface area contributed by atoms with Crippen LogP contribution in [0.5, 0.6) is 5.75 Å².